The zero-order chi connectivity index (χ0) is 43.2. The second-order valence-corrected chi connectivity index (χ2v) is 16.7. The molecule has 0 aliphatic rings. The maximum absolute atomic E-state index is 12.6. The van der Waals surface area contributed by atoms with E-state index in [0.29, 0.717) is 6.42 Å². The fourth-order valence-electron chi connectivity index (χ4n) is 6.19. The standard InChI is InChI=1S/C49H86NO8P/c1-3-5-7-9-11-13-15-17-19-21-23-25-27-29-31-33-35-37-39-41-48(51)55-45-47(46-57-59(53,54)56-44-43-50)58-49(52)42-40-38-36-34-32-30-28-26-24-22-20-18-16-14-12-10-8-6-4-2/h6,8,12,14,18,20,24,26,30,32,36,38,47H,3-5,7,9-11,13,15-17,19,21-23,25,27-29,31,33-35,37,39-46,50H2,1-2H3,(H,53,54)/t47-/m1/s1. The molecule has 0 amide bonds. The average molecular weight is 848 g/mol. The number of hydrogen-bond acceptors (Lipinski definition) is 8. The van der Waals surface area contributed by atoms with E-state index in [9.17, 15) is 19.0 Å². The lowest BCUT2D eigenvalue weighted by Crippen LogP contribution is -2.29. The molecule has 9 nitrogen and oxygen atoms in total. The van der Waals surface area contributed by atoms with Crippen molar-refractivity contribution in [3.63, 3.8) is 0 Å². The summed E-state index contributed by atoms with van der Waals surface area (Å²) in [6, 6.07) is 0. The Balaban J connectivity index is 4.21. The number of nitrogens with two attached hydrogens (primary N) is 1. The van der Waals surface area contributed by atoms with Gasteiger partial charge >= 0.3 is 19.8 Å². The second-order valence-electron chi connectivity index (χ2n) is 15.2. The van der Waals surface area contributed by atoms with E-state index in [2.05, 4.69) is 74.6 Å². The van der Waals surface area contributed by atoms with Gasteiger partial charge in [0.15, 0.2) is 6.10 Å². The quantitative estimate of drug-likeness (QED) is 0.0266. The fraction of sp³-hybridized carbons (Fsp3) is 0.714. The van der Waals surface area contributed by atoms with Gasteiger partial charge < -0.3 is 20.1 Å². The summed E-state index contributed by atoms with van der Waals surface area (Å²) in [5.41, 5.74) is 5.35. The van der Waals surface area contributed by atoms with E-state index < -0.39 is 32.5 Å². The molecule has 2 atom stereocenters. The molecule has 0 heterocycles. The first-order valence-corrected chi connectivity index (χ1v) is 24.9. The Morgan fingerprint density at radius 2 is 0.932 bits per heavy atom. The number of ether oxygens (including phenoxy) is 2. The highest BCUT2D eigenvalue weighted by Crippen LogP contribution is 2.43. The van der Waals surface area contributed by atoms with Gasteiger partial charge in [0.05, 0.1) is 13.2 Å². The summed E-state index contributed by atoms with van der Waals surface area (Å²) < 4.78 is 32.8. The molecule has 0 aromatic carbocycles. The van der Waals surface area contributed by atoms with Gasteiger partial charge in [-0.1, -0.05) is 202 Å². The first-order chi connectivity index (χ1) is 28.8. The van der Waals surface area contributed by atoms with Gasteiger partial charge in [-0.3, -0.25) is 18.6 Å². The second kappa shape index (κ2) is 45.0. The molecule has 59 heavy (non-hydrogen) atoms. The molecule has 0 aromatic heterocycles. The van der Waals surface area contributed by atoms with Gasteiger partial charge in [-0.05, 0) is 51.4 Å². The van der Waals surface area contributed by atoms with Crippen LogP contribution in [0.15, 0.2) is 72.9 Å². The van der Waals surface area contributed by atoms with Gasteiger partial charge in [0.2, 0.25) is 0 Å². The maximum atomic E-state index is 12.6. The number of phosphoric acid groups is 1. The first-order valence-electron chi connectivity index (χ1n) is 23.4. The van der Waals surface area contributed by atoms with Gasteiger partial charge in [0.1, 0.15) is 6.61 Å². The smallest absolute Gasteiger partial charge is 0.462 e. The zero-order valence-electron chi connectivity index (χ0n) is 37.5. The van der Waals surface area contributed by atoms with E-state index in [-0.39, 0.29) is 32.6 Å². The molecule has 0 rings (SSSR count). The number of hydrogen-bond donors (Lipinski definition) is 2. The monoisotopic (exact) mass is 848 g/mol. The summed E-state index contributed by atoms with van der Waals surface area (Å²) in [4.78, 5) is 34.9. The van der Waals surface area contributed by atoms with Crippen molar-refractivity contribution in [1.82, 2.24) is 0 Å². The minimum atomic E-state index is -4.40. The normalized spacial score (nSPS) is 13.9. The molecule has 0 spiro atoms. The summed E-state index contributed by atoms with van der Waals surface area (Å²) in [5, 5.41) is 0. The molecular formula is C49H86NO8P. The Labute approximate surface area is 361 Å². The predicted octanol–water partition coefficient (Wildman–Crippen LogP) is 13.8. The van der Waals surface area contributed by atoms with Crippen molar-refractivity contribution in [2.75, 3.05) is 26.4 Å². The molecule has 0 aliphatic carbocycles. The van der Waals surface area contributed by atoms with Crippen molar-refractivity contribution in [3.8, 4) is 0 Å². The SMILES string of the molecule is CCC=CCC=CCC=CCC=CCC=CCC=CCCC(=O)O[C@H](COC(=O)CCCCCCCCCCCCCCCCCCCCC)COP(=O)(O)OCCN. The third-order valence-corrected chi connectivity index (χ3v) is 10.6. The zero-order valence-corrected chi connectivity index (χ0v) is 38.4. The van der Waals surface area contributed by atoms with Crippen LogP contribution in [0.5, 0.6) is 0 Å². The highest BCUT2D eigenvalue weighted by atomic mass is 31.2. The van der Waals surface area contributed by atoms with Crippen molar-refractivity contribution in [3.05, 3.63) is 72.9 Å². The van der Waals surface area contributed by atoms with Gasteiger partial charge in [-0.2, -0.15) is 0 Å². The van der Waals surface area contributed by atoms with E-state index in [1.807, 2.05) is 12.2 Å². The Morgan fingerprint density at radius 3 is 1.36 bits per heavy atom. The summed E-state index contributed by atoms with van der Waals surface area (Å²) >= 11 is 0. The van der Waals surface area contributed by atoms with Crippen molar-refractivity contribution >= 4 is 19.8 Å². The van der Waals surface area contributed by atoms with Crippen molar-refractivity contribution < 1.29 is 37.6 Å². The van der Waals surface area contributed by atoms with E-state index >= 15 is 0 Å². The van der Waals surface area contributed by atoms with Gasteiger partial charge in [-0.25, -0.2) is 4.57 Å². The summed E-state index contributed by atoms with van der Waals surface area (Å²) in [6.45, 7) is 3.54. The molecule has 340 valence electrons. The molecule has 10 heteroatoms. The van der Waals surface area contributed by atoms with Crippen LogP contribution in [0.25, 0.3) is 0 Å². The van der Waals surface area contributed by atoms with Crippen LogP contribution in [0.2, 0.25) is 0 Å². The van der Waals surface area contributed by atoms with Crippen LogP contribution in [0, 0.1) is 0 Å². The molecule has 0 aliphatic heterocycles. The van der Waals surface area contributed by atoms with Crippen LogP contribution in [-0.2, 0) is 32.7 Å². The van der Waals surface area contributed by atoms with Crippen LogP contribution >= 0.6 is 7.82 Å². The van der Waals surface area contributed by atoms with E-state index in [0.717, 1.165) is 57.8 Å². The third kappa shape index (κ3) is 44.8. The minimum Gasteiger partial charge on any atom is -0.462 e. The molecule has 3 N–H and O–H groups in total. The number of rotatable bonds is 43. The minimum absolute atomic E-state index is 0.0397. The predicted molar refractivity (Wildman–Crippen MR) is 247 cm³/mol. The number of esters is 2. The number of carbonyl (C=O) groups excluding carboxylic acids is 2. The largest absolute Gasteiger partial charge is 0.472 e. The van der Waals surface area contributed by atoms with E-state index in [4.69, 9.17) is 24.3 Å². The molecule has 0 saturated carbocycles. The van der Waals surface area contributed by atoms with Crippen molar-refractivity contribution in [2.24, 2.45) is 5.73 Å². The maximum Gasteiger partial charge on any atom is 0.472 e. The highest BCUT2D eigenvalue weighted by molar-refractivity contribution is 7.47. The lowest BCUT2D eigenvalue weighted by Gasteiger charge is -2.19. The lowest BCUT2D eigenvalue weighted by atomic mass is 10.0. The van der Waals surface area contributed by atoms with Crippen LogP contribution in [0.3, 0.4) is 0 Å². The Kier molecular flexibility index (Phi) is 43.0. The average Bonchev–Trinajstić information content (AvgIpc) is 3.22. The number of phosphoric ester groups is 1. The molecule has 0 bridgehead atoms. The number of unbranched alkanes of at least 4 members (excludes halogenated alkanes) is 18. The van der Waals surface area contributed by atoms with Crippen LogP contribution in [0.1, 0.15) is 194 Å². The number of carbonyl (C=O) groups is 2. The summed E-state index contributed by atoms with van der Waals surface area (Å²) in [7, 11) is -4.40. The third-order valence-electron chi connectivity index (χ3n) is 9.62. The molecule has 0 saturated heterocycles. The lowest BCUT2D eigenvalue weighted by molar-refractivity contribution is -0.161. The fourth-order valence-corrected chi connectivity index (χ4v) is 6.96. The van der Waals surface area contributed by atoms with Crippen molar-refractivity contribution in [2.45, 2.75) is 200 Å². The van der Waals surface area contributed by atoms with Gasteiger partial charge in [-0.15, -0.1) is 0 Å². The van der Waals surface area contributed by atoms with E-state index in [1.54, 1.807) is 0 Å². The van der Waals surface area contributed by atoms with Crippen LogP contribution < -0.4 is 5.73 Å². The highest BCUT2D eigenvalue weighted by Gasteiger charge is 2.25. The van der Waals surface area contributed by atoms with Crippen LogP contribution in [0.4, 0.5) is 0 Å². The van der Waals surface area contributed by atoms with E-state index in [1.165, 1.54) is 103 Å². The topological polar surface area (TPSA) is 134 Å². The van der Waals surface area contributed by atoms with Crippen molar-refractivity contribution in [1.29, 1.82) is 0 Å². The van der Waals surface area contributed by atoms with Crippen LogP contribution in [-0.4, -0.2) is 49.3 Å². The van der Waals surface area contributed by atoms with Gasteiger partial charge in [0, 0.05) is 19.4 Å². The molecule has 0 aromatic rings. The molecular weight excluding hydrogens is 762 g/mol. The Morgan fingerprint density at radius 1 is 0.525 bits per heavy atom. The molecule has 0 radical (unpaired) electrons. The first kappa shape index (κ1) is 56.5. The number of allylic oxidation sites excluding steroid dienone is 12. The molecule has 0 fully saturated rings. The Bertz CT molecular complexity index is 1190. The summed E-state index contributed by atoms with van der Waals surface area (Å²) in [6.07, 6.45) is 55.2. The molecule has 1 unspecified atom stereocenters. The summed E-state index contributed by atoms with van der Waals surface area (Å²) in [5.74, 6) is -0.925. The Hall–Kier alpha value is -2.55. The van der Waals surface area contributed by atoms with Gasteiger partial charge in [0.25, 0.3) is 0 Å².